The van der Waals surface area contributed by atoms with Crippen molar-refractivity contribution >= 4 is 11.6 Å². The van der Waals surface area contributed by atoms with Gasteiger partial charge in [-0.15, -0.1) is 0 Å². The van der Waals surface area contributed by atoms with Gasteiger partial charge in [0, 0.05) is 37.7 Å². The van der Waals surface area contributed by atoms with E-state index in [1.54, 1.807) is 19.2 Å². The molecular formula is C19H18FN3O3. The highest BCUT2D eigenvalue weighted by molar-refractivity contribution is 6.00. The topological polar surface area (TPSA) is 73.1 Å². The van der Waals surface area contributed by atoms with E-state index in [1.165, 1.54) is 23.7 Å². The second kappa shape index (κ2) is 5.79. The van der Waals surface area contributed by atoms with Crippen LogP contribution in [-0.4, -0.2) is 14.9 Å². The number of fused-ring (bicyclic) bond motifs is 1. The van der Waals surface area contributed by atoms with Crippen LogP contribution in [0.15, 0.2) is 45.1 Å². The highest BCUT2D eigenvalue weighted by Gasteiger charge is 2.38. The number of hydrogen-bond donors (Lipinski definition) is 1. The smallest absolute Gasteiger partial charge is 0.332 e. The van der Waals surface area contributed by atoms with E-state index in [4.69, 9.17) is 0 Å². The summed E-state index contributed by atoms with van der Waals surface area (Å²) in [5.74, 6) is -0.791. The fourth-order valence-electron chi connectivity index (χ4n) is 3.92. The molecule has 2 aliphatic rings. The van der Waals surface area contributed by atoms with Gasteiger partial charge in [-0.2, -0.15) is 0 Å². The van der Waals surface area contributed by atoms with Gasteiger partial charge in [0.1, 0.15) is 11.6 Å². The van der Waals surface area contributed by atoms with Crippen molar-refractivity contribution in [2.75, 3.05) is 5.32 Å². The molecule has 1 aliphatic carbocycles. The van der Waals surface area contributed by atoms with Crippen molar-refractivity contribution in [1.82, 2.24) is 9.13 Å². The number of nitrogens with zero attached hydrogens (tertiary/aromatic N) is 2. The maximum Gasteiger partial charge on any atom is 0.332 e. The number of allylic oxidation sites excluding steroid dienone is 2. The van der Waals surface area contributed by atoms with Crippen LogP contribution in [0.5, 0.6) is 0 Å². The highest BCUT2D eigenvalue weighted by atomic mass is 19.1. The summed E-state index contributed by atoms with van der Waals surface area (Å²) in [5.41, 5.74) is 1.12. The van der Waals surface area contributed by atoms with Gasteiger partial charge in [-0.3, -0.25) is 18.7 Å². The second-order valence-electron chi connectivity index (χ2n) is 6.75. The predicted octanol–water partition coefficient (Wildman–Crippen LogP) is 1.79. The second-order valence-corrected chi connectivity index (χ2v) is 6.75. The van der Waals surface area contributed by atoms with E-state index >= 15 is 0 Å². The summed E-state index contributed by atoms with van der Waals surface area (Å²) < 4.78 is 16.3. The van der Waals surface area contributed by atoms with E-state index in [0.717, 1.165) is 4.57 Å². The van der Waals surface area contributed by atoms with Crippen LogP contribution in [0.2, 0.25) is 0 Å². The minimum atomic E-state index is -0.685. The Morgan fingerprint density at radius 1 is 1.12 bits per heavy atom. The van der Waals surface area contributed by atoms with Gasteiger partial charge in [0.05, 0.1) is 5.56 Å². The number of anilines is 1. The molecule has 0 fully saturated rings. The first-order valence-electron chi connectivity index (χ1n) is 8.48. The lowest BCUT2D eigenvalue weighted by Gasteiger charge is -2.34. The molecule has 0 saturated carbocycles. The minimum absolute atomic E-state index is 0.0467. The summed E-state index contributed by atoms with van der Waals surface area (Å²) in [6.45, 7) is 0. The van der Waals surface area contributed by atoms with Crippen molar-refractivity contribution in [2.45, 2.75) is 25.2 Å². The Labute approximate surface area is 148 Å². The molecule has 4 rings (SSSR count). The van der Waals surface area contributed by atoms with Crippen molar-refractivity contribution in [3.05, 3.63) is 73.3 Å². The third-order valence-corrected chi connectivity index (χ3v) is 5.18. The van der Waals surface area contributed by atoms with Gasteiger partial charge in [0.25, 0.3) is 5.56 Å². The molecule has 1 unspecified atom stereocenters. The molecule has 0 bridgehead atoms. The van der Waals surface area contributed by atoms with Gasteiger partial charge in [0.15, 0.2) is 5.78 Å². The van der Waals surface area contributed by atoms with E-state index in [-0.39, 0.29) is 5.78 Å². The fraction of sp³-hybridized carbons (Fsp3) is 0.316. The van der Waals surface area contributed by atoms with E-state index < -0.39 is 23.0 Å². The lowest BCUT2D eigenvalue weighted by atomic mass is 9.76. The number of benzene rings is 1. The normalized spacial score (nSPS) is 19.0. The van der Waals surface area contributed by atoms with E-state index in [0.29, 0.717) is 47.5 Å². The summed E-state index contributed by atoms with van der Waals surface area (Å²) in [6.07, 6.45) is 1.75. The molecule has 6 nitrogen and oxygen atoms in total. The molecule has 1 aromatic carbocycles. The molecular weight excluding hydrogens is 337 g/mol. The van der Waals surface area contributed by atoms with Crippen LogP contribution in [0.25, 0.3) is 0 Å². The number of hydrogen-bond acceptors (Lipinski definition) is 4. The first-order chi connectivity index (χ1) is 12.4. The summed E-state index contributed by atoms with van der Waals surface area (Å²) in [7, 11) is 2.98. The molecule has 1 atom stereocenters. The largest absolute Gasteiger partial charge is 0.344 e. The minimum Gasteiger partial charge on any atom is -0.344 e. The Hall–Kier alpha value is -2.96. The highest BCUT2D eigenvalue weighted by Crippen LogP contribution is 2.43. The molecule has 0 amide bonds. The van der Waals surface area contributed by atoms with Crippen molar-refractivity contribution in [3.63, 3.8) is 0 Å². The van der Waals surface area contributed by atoms with Gasteiger partial charge >= 0.3 is 5.69 Å². The average molecular weight is 355 g/mol. The Morgan fingerprint density at radius 3 is 2.62 bits per heavy atom. The van der Waals surface area contributed by atoms with Crippen LogP contribution < -0.4 is 16.6 Å². The van der Waals surface area contributed by atoms with Crippen LogP contribution in [0.3, 0.4) is 0 Å². The van der Waals surface area contributed by atoms with Gasteiger partial charge in [-0.25, -0.2) is 9.18 Å². The van der Waals surface area contributed by atoms with E-state index in [2.05, 4.69) is 5.32 Å². The quantitative estimate of drug-likeness (QED) is 0.846. The zero-order valence-electron chi connectivity index (χ0n) is 14.5. The summed E-state index contributed by atoms with van der Waals surface area (Å²) in [6, 6.07) is 5.94. The number of rotatable bonds is 1. The Morgan fingerprint density at radius 2 is 1.88 bits per heavy atom. The lowest BCUT2D eigenvalue weighted by molar-refractivity contribution is -0.116. The third-order valence-electron chi connectivity index (χ3n) is 5.18. The number of ketones is 1. The summed E-state index contributed by atoms with van der Waals surface area (Å²) in [5, 5.41) is 3.14. The van der Waals surface area contributed by atoms with Crippen LogP contribution in [0, 0.1) is 5.82 Å². The van der Waals surface area contributed by atoms with Crippen molar-refractivity contribution in [2.24, 2.45) is 14.1 Å². The van der Waals surface area contributed by atoms with Crippen molar-refractivity contribution in [3.8, 4) is 0 Å². The zero-order valence-corrected chi connectivity index (χ0v) is 14.5. The Balaban J connectivity index is 2.10. The molecule has 134 valence electrons. The van der Waals surface area contributed by atoms with Crippen LogP contribution >= 0.6 is 0 Å². The van der Waals surface area contributed by atoms with Crippen LogP contribution in [0.1, 0.15) is 36.3 Å². The molecule has 1 N–H and O–H groups in total. The third kappa shape index (κ3) is 2.27. The van der Waals surface area contributed by atoms with Crippen molar-refractivity contribution < 1.29 is 9.18 Å². The standard InChI is InChI=1S/C19H18FN3O3/c1-22-17-16(18(25)23(2)19(22)26)14(10-5-3-6-11(20)9-10)15-12(21-17)7-4-8-13(15)24/h3,5-6,9,14,21H,4,7-8H2,1-2H3. The van der Waals surface area contributed by atoms with Gasteiger partial charge < -0.3 is 5.32 Å². The monoisotopic (exact) mass is 355 g/mol. The molecule has 0 radical (unpaired) electrons. The maximum absolute atomic E-state index is 13.9. The number of halogens is 1. The van der Waals surface area contributed by atoms with Gasteiger partial charge in [0.2, 0.25) is 0 Å². The number of aromatic nitrogens is 2. The number of Topliss-reactive ketones (excluding diaryl/α,β-unsaturated/α-hetero) is 1. The molecule has 26 heavy (non-hydrogen) atoms. The van der Waals surface area contributed by atoms with Gasteiger partial charge in [-0.1, -0.05) is 12.1 Å². The molecule has 2 heterocycles. The number of nitrogens with one attached hydrogen (secondary N) is 1. The molecule has 1 aromatic heterocycles. The van der Waals surface area contributed by atoms with Crippen molar-refractivity contribution in [1.29, 1.82) is 0 Å². The first-order valence-corrected chi connectivity index (χ1v) is 8.48. The molecule has 0 saturated heterocycles. The van der Waals surface area contributed by atoms with Crippen LogP contribution in [0.4, 0.5) is 10.2 Å². The number of carbonyl (C=O) groups excluding carboxylic acids is 1. The average Bonchev–Trinajstić information content (AvgIpc) is 2.63. The maximum atomic E-state index is 13.9. The molecule has 2 aromatic rings. The Bertz CT molecular complexity index is 1090. The molecule has 7 heteroatoms. The summed E-state index contributed by atoms with van der Waals surface area (Å²) in [4.78, 5) is 37.9. The zero-order chi connectivity index (χ0) is 18.6. The van der Waals surface area contributed by atoms with E-state index in [1.807, 2.05) is 0 Å². The van der Waals surface area contributed by atoms with Gasteiger partial charge in [-0.05, 0) is 30.5 Å². The first kappa shape index (κ1) is 16.5. The predicted molar refractivity (Wildman–Crippen MR) is 94.7 cm³/mol. The number of carbonyl (C=O) groups is 1. The van der Waals surface area contributed by atoms with Crippen LogP contribution in [-0.2, 0) is 18.9 Å². The SMILES string of the molecule is Cn1c2c(c(=O)n(C)c1=O)C(c1cccc(F)c1)C1=C(CCCC1=O)N2. The lowest BCUT2D eigenvalue weighted by Crippen LogP contribution is -2.44. The van der Waals surface area contributed by atoms with E-state index in [9.17, 15) is 18.8 Å². The molecule has 0 spiro atoms. The Kier molecular flexibility index (Phi) is 3.68. The molecule has 1 aliphatic heterocycles. The fourth-order valence-corrected chi connectivity index (χ4v) is 3.92. The summed E-state index contributed by atoms with van der Waals surface area (Å²) >= 11 is 0.